The molecule has 0 atom stereocenters. The van der Waals surface area contributed by atoms with Crippen LogP contribution in [-0.4, -0.2) is 72.3 Å². The fourth-order valence-electron chi connectivity index (χ4n) is 5.14. The number of aliphatic hydroxyl groups excluding tert-OH is 1. The molecule has 3 fully saturated rings. The zero-order valence-corrected chi connectivity index (χ0v) is 22.4. The van der Waals surface area contributed by atoms with Crippen molar-refractivity contribution in [1.82, 2.24) is 9.97 Å². The predicted octanol–water partition coefficient (Wildman–Crippen LogP) is 4.70. The summed E-state index contributed by atoms with van der Waals surface area (Å²) in [4.78, 5) is 26.2. The number of alkyl halides is 3. The van der Waals surface area contributed by atoms with E-state index in [1.807, 2.05) is 6.07 Å². The Hall–Kier alpha value is -2.93. The van der Waals surface area contributed by atoms with Crippen LogP contribution in [0.2, 0.25) is 0 Å². The molecule has 9 nitrogen and oxygen atoms in total. The van der Waals surface area contributed by atoms with Crippen LogP contribution in [0.1, 0.15) is 48.9 Å². The van der Waals surface area contributed by atoms with Crippen molar-refractivity contribution in [2.24, 2.45) is 5.41 Å². The van der Waals surface area contributed by atoms with Gasteiger partial charge in [0, 0.05) is 57.0 Å². The van der Waals surface area contributed by atoms with E-state index < -0.39 is 18.7 Å². The summed E-state index contributed by atoms with van der Waals surface area (Å²) in [6.45, 7) is 0.687. The van der Waals surface area contributed by atoms with E-state index in [1.165, 1.54) is 43.1 Å². The Balaban J connectivity index is 1.37. The average Bonchev–Trinajstić information content (AvgIpc) is 3.69. The lowest BCUT2D eigenvalue weighted by atomic mass is 9.93. The fourth-order valence-corrected chi connectivity index (χ4v) is 5.59. The lowest BCUT2D eigenvalue weighted by Crippen LogP contribution is -2.40. The first kappa shape index (κ1) is 27.6. The first-order chi connectivity index (χ1) is 18.8. The van der Waals surface area contributed by atoms with Crippen molar-refractivity contribution in [1.29, 1.82) is 0 Å². The summed E-state index contributed by atoms with van der Waals surface area (Å²) in [7, 11) is 0. The first-order valence-electron chi connectivity index (χ1n) is 13.2. The summed E-state index contributed by atoms with van der Waals surface area (Å²) in [6, 6.07) is 4.82. The maximum absolute atomic E-state index is 13.7. The van der Waals surface area contributed by atoms with Crippen LogP contribution >= 0.6 is 11.9 Å². The van der Waals surface area contributed by atoms with Gasteiger partial charge in [0.2, 0.25) is 6.86 Å². The summed E-state index contributed by atoms with van der Waals surface area (Å²) >= 11 is 1.33. The summed E-state index contributed by atoms with van der Waals surface area (Å²) < 4.78 is 48.6. The highest BCUT2D eigenvalue weighted by Gasteiger charge is 2.44. The van der Waals surface area contributed by atoms with Gasteiger partial charge in [-0.3, -0.25) is 4.79 Å². The van der Waals surface area contributed by atoms with Crippen LogP contribution < -0.4 is 24.6 Å². The highest BCUT2D eigenvalue weighted by molar-refractivity contribution is 8.00. The highest BCUT2D eigenvalue weighted by atomic mass is 32.2. The van der Waals surface area contributed by atoms with Gasteiger partial charge in [-0.05, 0) is 55.2 Å². The van der Waals surface area contributed by atoms with Crippen molar-refractivity contribution in [3.63, 3.8) is 0 Å². The van der Waals surface area contributed by atoms with Crippen LogP contribution in [0.15, 0.2) is 24.4 Å². The molecule has 2 saturated heterocycles. The van der Waals surface area contributed by atoms with Gasteiger partial charge in [-0.15, -0.1) is 0 Å². The standard InChI is InChI=1S/C26H33F3N6O3S/c27-17-38-20-1-2-21(31-23(20)35-11-7-26(28,29)8-12-35)32-24(37)18-16-30-22(33-39-14-13-36)15-19(18)34-9-5-25(3-4-25)6-10-34/h1-2,15-16,36H,3-14,17H2,(H,30,33)(H,31,32,37). The number of aromatic nitrogens is 2. The zero-order chi connectivity index (χ0) is 27.5. The highest BCUT2D eigenvalue weighted by Crippen LogP contribution is 2.54. The number of pyridine rings is 2. The molecule has 1 amide bonds. The molecule has 0 aromatic carbocycles. The SMILES string of the molecule is O=C(Nc1ccc(OCF)c(N2CCC(F)(F)CC2)n1)c1cnc(NSCCO)cc1N1CCC2(CC1)CC2. The monoisotopic (exact) mass is 566 g/mol. The maximum atomic E-state index is 13.7. The van der Waals surface area contributed by atoms with Crippen molar-refractivity contribution < 1.29 is 27.8 Å². The second-order valence-corrected chi connectivity index (χ2v) is 11.2. The molecular formula is C26H33F3N6O3S. The Morgan fingerprint density at radius 1 is 1.05 bits per heavy atom. The van der Waals surface area contributed by atoms with Crippen LogP contribution in [0.5, 0.6) is 5.75 Å². The number of hydrogen-bond acceptors (Lipinski definition) is 9. The number of carbonyl (C=O) groups excluding carboxylic acids is 1. The molecule has 1 saturated carbocycles. The number of carbonyl (C=O) groups is 1. The van der Waals surface area contributed by atoms with Crippen molar-refractivity contribution in [2.45, 2.75) is 44.4 Å². The van der Waals surface area contributed by atoms with E-state index in [2.05, 4.69) is 24.9 Å². The topological polar surface area (TPSA) is 103 Å². The van der Waals surface area contributed by atoms with Crippen molar-refractivity contribution in [3.8, 4) is 5.75 Å². The van der Waals surface area contributed by atoms with E-state index in [-0.39, 0.29) is 49.9 Å². The number of aliphatic hydroxyl groups is 1. The predicted molar refractivity (Wildman–Crippen MR) is 146 cm³/mol. The van der Waals surface area contributed by atoms with Gasteiger partial charge in [-0.25, -0.2) is 23.1 Å². The van der Waals surface area contributed by atoms with Gasteiger partial charge in [0.15, 0.2) is 11.6 Å². The largest absolute Gasteiger partial charge is 0.459 e. The number of nitrogens with zero attached hydrogens (tertiary/aromatic N) is 4. The number of anilines is 4. The van der Waals surface area contributed by atoms with Crippen molar-refractivity contribution >= 4 is 41.0 Å². The molecule has 0 radical (unpaired) electrons. The quantitative estimate of drug-likeness (QED) is 0.279. The van der Waals surface area contributed by atoms with Gasteiger partial charge in [-0.2, -0.15) is 0 Å². The third-order valence-corrected chi connectivity index (χ3v) is 8.44. The maximum Gasteiger partial charge on any atom is 0.260 e. The number of hydrogen-bond donors (Lipinski definition) is 3. The van der Waals surface area contributed by atoms with Gasteiger partial charge in [0.1, 0.15) is 11.6 Å². The minimum atomic E-state index is -2.75. The van der Waals surface area contributed by atoms with E-state index in [0.717, 1.165) is 31.6 Å². The van der Waals surface area contributed by atoms with Gasteiger partial charge in [0.25, 0.3) is 11.8 Å². The Labute approximate surface area is 229 Å². The molecule has 2 aromatic rings. The Morgan fingerprint density at radius 3 is 2.44 bits per heavy atom. The van der Waals surface area contributed by atoms with Gasteiger partial charge < -0.3 is 29.7 Å². The Bertz CT molecular complexity index is 1170. The molecule has 0 unspecified atom stereocenters. The molecule has 2 aromatic heterocycles. The average molecular weight is 567 g/mol. The number of amides is 1. The number of piperidine rings is 2. The van der Waals surface area contributed by atoms with Gasteiger partial charge in [-0.1, -0.05) is 0 Å². The summed E-state index contributed by atoms with van der Waals surface area (Å²) in [5.74, 6) is -1.55. The lowest BCUT2D eigenvalue weighted by Gasteiger charge is -2.35. The third kappa shape index (κ3) is 6.63. The van der Waals surface area contributed by atoms with E-state index in [0.29, 0.717) is 22.5 Å². The molecule has 13 heteroatoms. The molecule has 3 aliphatic rings. The van der Waals surface area contributed by atoms with Crippen molar-refractivity contribution in [3.05, 3.63) is 30.0 Å². The van der Waals surface area contributed by atoms with E-state index >= 15 is 0 Å². The Kier molecular flexibility index (Phi) is 8.27. The number of halogens is 3. The molecule has 39 heavy (non-hydrogen) atoms. The minimum Gasteiger partial charge on any atom is -0.459 e. The van der Waals surface area contributed by atoms with E-state index in [9.17, 15) is 18.0 Å². The molecule has 0 bridgehead atoms. The smallest absolute Gasteiger partial charge is 0.260 e. The third-order valence-electron chi connectivity index (χ3n) is 7.70. The summed E-state index contributed by atoms with van der Waals surface area (Å²) in [6.07, 6.45) is 5.51. The molecule has 2 aliphatic heterocycles. The first-order valence-corrected chi connectivity index (χ1v) is 14.2. The van der Waals surface area contributed by atoms with Crippen LogP contribution in [0.25, 0.3) is 0 Å². The minimum absolute atomic E-state index is 0.0310. The van der Waals surface area contributed by atoms with E-state index in [4.69, 9.17) is 9.84 Å². The number of rotatable bonds is 10. The lowest BCUT2D eigenvalue weighted by molar-refractivity contribution is -0.0222. The normalized spacial score (nSPS) is 19.6. The molecular weight excluding hydrogens is 533 g/mol. The molecule has 5 rings (SSSR count). The number of ether oxygens (including phenoxy) is 1. The molecule has 3 N–H and O–H groups in total. The van der Waals surface area contributed by atoms with Crippen LogP contribution in [0.3, 0.4) is 0 Å². The Morgan fingerprint density at radius 2 is 1.77 bits per heavy atom. The second kappa shape index (κ2) is 11.7. The molecule has 4 heterocycles. The molecule has 212 valence electrons. The van der Waals surface area contributed by atoms with Crippen molar-refractivity contribution in [2.75, 3.05) is 65.2 Å². The van der Waals surface area contributed by atoms with Crippen LogP contribution in [0, 0.1) is 5.41 Å². The fraction of sp³-hybridized carbons (Fsp3) is 0.577. The van der Waals surface area contributed by atoms with Gasteiger partial charge in [0.05, 0.1) is 17.9 Å². The van der Waals surface area contributed by atoms with Gasteiger partial charge >= 0.3 is 0 Å². The number of nitrogens with one attached hydrogen (secondary N) is 2. The van der Waals surface area contributed by atoms with E-state index in [1.54, 1.807) is 4.90 Å². The molecule has 1 spiro atoms. The summed E-state index contributed by atoms with van der Waals surface area (Å²) in [5, 5.41) is 11.9. The van der Waals surface area contributed by atoms with Crippen LogP contribution in [0.4, 0.5) is 36.3 Å². The molecule has 1 aliphatic carbocycles. The second-order valence-electron chi connectivity index (χ2n) is 10.3. The zero-order valence-electron chi connectivity index (χ0n) is 21.6. The van der Waals surface area contributed by atoms with Crippen LogP contribution in [-0.2, 0) is 0 Å². The summed E-state index contributed by atoms with van der Waals surface area (Å²) in [5.41, 5.74) is 1.59.